The third-order valence-electron chi connectivity index (χ3n) is 4.06. The molecule has 2 N–H and O–H groups in total. The molecule has 1 aromatic rings. The second-order valence-electron chi connectivity index (χ2n) is 6.10. The molecule has 0 saturated carbocycles. The fraction of sp³-hybridized carbons (Fsp3) is 0.667. The largest absolute Gasteiger partial charge is 0.370 e. The summed E-state index contributed by atoms with van der Waals surface area (Å²) in [5, 5.41) is 6.84. The second kappa shape index (κ2) is 9.44. The van der Waals surface area contributed by atoms with Crippen LogP contribution in [-0.2, 0) is 0 Å². The Balaban J connectivity index is 1.79. The van der Waals surface area contributed by atoms with Gasteiger partial charge in [0.05, 0.1) is 0 Å². The van der Waals surface area contributed by atoms with Crippen LogP contribution >= 0.6 is 0 Å². The molecule has 2 rings (SSSR count). The van der Waals surface area contributed by atoms with Gasteiger partial charge in [-0.2, -0.15) is 0 Å². The fourth-order valence-corrected chi connectivity index (χ4v) is 2.82. The topological polar surface area (TPSA) is 49.8 Å². The zero-order valence-corrected chi connectivity index (χ0v) is 14.1. The summed E-state index contributed by atoms with van der Waals surface area (Å²) in [4.78, 5) is 8.94. The van der Waals surface area contributed by atoms with Crippen molar-refractivity contribution in [1.29, 1.82) is 0 Å². The predicted molar refractivity (Wildman–Crippen MR) is 94.4 cm³/mol. The van der Waals surface area contributed by atoms with E-state index in [1.54, 1.807) is 5.57 Å². The van der Waals surface area contributed by atoms with E-state index in [1.165, 1.54) is 44.9 Å². The predicted octanol–water partition coefficient (Wildman–Crippen LogP) is 4.69. The molecular formula is C18H30N4. The first-order valence-corrected chi connectivity index (χ1v) is 8.79. The van der Waals surface area contributed by atoms with Gasteiger partial charge in [0.2, 0.25) is 0 Å². The number of rotatable bonds is 9. The number of hydrogen-bond donors (Lipinski definition) is 2. The van der Waals surface area contributed by atoms with Crippen molar-refractivity contribution in [3.05, 3.63) is 23.5 Å². The first kappa shape index (κ1) is 16.8. The number of allylic oxidation sites excluding steroid dienone is 1. The first-order chi connectivity index (χ1) is 10.8. The molecule has 1 aliphatic carbocycles. The number of aromatic nitrogens is 2. The lowest BCUT2D eigenvalue weighted by Crippen LogP contribution is -2.09. The van der Waals surface area contributed by atoms with Crippen molar-refractivity contribution in [1.82, 2.24) is 9.97 Å². The summed E-state index contributed by atoms with van der Waals surface area (Å²) in [6.07, 6.45) is 12.5. The zero-order valence-electron chi connectivity index (χ0n) is 14.1. The average molecular weight is 302 g/mol. The van der Waals surface area contributed by atoms with Gasteiger partial charge in [-0.15, -0.1) is 0 Å². The van der Waals surface area contributed by atoms with Crippen LogP contribution in [0.15, 0.2) is 17.7 Å². The summed E-state index contributed by atoms with van der Waals surface area (Å²) in [7, 11) is 0. The summed E-state index contributed by atoms with van der Waals surface area (Å²) in [6, 6.07) is 2.02. The summed E-state index contributed by atoms with van der Waals surface area (Å²) in [5.41, 5.74) is 1.60. The van der Waals surface area contributed by atoms with Crippen LogP contribution in [0.4, 0.5) is 11.6 Å². The van der Waals surface area contributed by atoms with E-state index >= 15 is 0 Å². The van der Waals surface area contributed by atoms with Gasteiger partial charge in [-0.3, -0.25) is 0 Å². The van der Waals surface area contributed by atoms with Gasteiger partial charge in [0.25, 0.3) is 0 Å². The van der Waals surface area contributed by atoms with Crippen LogP contribution in [0.1, 0.15) is 64.1 Å². The highest BCUT2D eigenvalue weighted by Crippen LogP contribution is 2.20. The van der Waals surface area contributed by atoms with E-state index in [4.69, 9.17) is 0 Å². The van der Waals surface area contributed by atoms with Crippen molar-refractivity contribution in [3.63, 3.8) is 0 Å². The van der Waals surface area contributed by atoms with E-state index in [9.17, 15) is 0 Å². The maximum Gasteiger partial charge on any atom is 0.131 e. The molecule has 0 saturated heterocycles. The molecule has 0 unspecified atom stereocenters. The van der Waals surface area contributed by atoms with E-state index in [1.807, 2.05) is 13.0 Å². The smallest absolute Gasteiger partial charge is 0.131 e. The Hall–Kier alpha value is -1.58. The Morgan fingerprint density at radius 2 is 1.82 bits per heavy atom. The highest BCUT2D eigenvalue weighted by molar-refractivity contribution is 5.47. The zero-order chi connectivity index (χ0) is 15.6. The monoisotopic (exact) mass is 302 g/mol. The van der Waals surface area contributed by atoms with Crippen LogP contribution < -0.4 is 10.6 Å². The van der Waals surface area contributed by atoms with Gasteiger partial charge in [0, 0.05) is 19.2 Å². The van der Waals surface area contributed by atoms with Gasteiger partial charge in [0.15, 0.2) is 0 Å². The van der Waals surface area contributed by atoms with Gasteiger partial charge < -0.3 is 10.6 Å². The third kappa shape index (κ3) is 6.04. The molecule has 0 amide bonds. The van der Waals surface area contributed by atoms with Crippen molar-refractivity contribution in [3.8, 4) is 0 Å². The summed E-state index contributed by atoms with van der Waals surface area (Å²) < 4.78 is 0. The van der Waals surface area contributed by atoms with Crippen molar-refractivity contribution in [2.45, 2.75) is 65.2 Å². The standard InChI is InChI=1S/C18H30N4/c1-3-4-8-12-19-17-14-18(22-15(2)21-17)20-13-11-16-9-6-5-7-10-16/h9,14H,3-8,10-13H2,1-2H3,(H2,19,20,21,22). The van der Waals surface area contributed by atoms with E-state index in [0.717, 1.165) is 37.0 Å². The highest BCUT2D eigenvalue weighted by Gasteiger charge is 2.05. The molecule has 0 aliphatic heterocycles. The van der Waals surface area contributed by atoms with E-state index < -0.39 is 0 Å². The van der Waals surface area contributed by atoms with E-state index in [-0.39, 0.29) is 0 Å². The molecule has 22 heavy (non-hydrogen) atoms. The minimum atomic E-state index is 0.819. The SMILES string of the molecule is CCCCCNc1cc(NCCC2=CCCCC2)nc(C)n1. The van der Waals surface area contributed by atoms with Crippen molar-refractivity contribution < 1.29 is 0 Å². The molecule has 4 nitrogen and oxygen atoms in total. The molecule has 0 atom stereocenters. The second-order valence-corrected chi connectivity index (χ2v) is 6.10. The lowest BCUT2D eigenvalue weighted by molar-refractivity contribution is 0.679. The number of anilines is 2. The number of hydrogen-bond acceptors (Lipinski definition) is 4. The van der Waals surface area contributed by atoms with Crippen LogP contribution in [0, 0.1) is 6.92 Å². The Bertz CT molecular complexity index is 482. The van der Waals surface area contributed by atoms with E-state index in [0.29, 0.717) is 0 Å². The molecule has 4 heteroatoms. The lowest BCUT2D eigenvalue weighted by Gasteiger charge is -2.14. The minimum Gasteiger partial charge on any atom is -0.370 e. The van der Waals surface area contributed by atoms with Gasteiger partial charge in [0.1, 0.15) is 17.5 Å². The molecule has 0 bridgehead atoms. The molecule has 0 aromatic carbocycles. The van der Waals surface area contributed by atoms with Crippen LogP contribution in [0.2, 0.25) is 0 Å². The maximum atomic E-state index is 4.48. The molecule has 0 spiro atoms. The lowest BCUT2D eigenvalue weighted by atomic mass is 9.97. The summed E-state index contributed by atoms with van der Waals surface area (Å²) in [5.74, 6) is 2.68. The van der Waals surface area contributed by atoms with Crippen molar-refractivity contribution in [2.75, 3.05) is 23.7 Å². The maximum absolute atomic E-state index is 4.48. The number of nitrogens with zero attached hydrogens (tertiary/aromatic N) is 2. The van der Waals surface area contributed by atoms with Gasteiger partial charge in [-0.1, -0.05) is 31.4 Å². The quantitative estimate of drug-likeness (QED) is 0.513. The Kier molecular flexibility index (Phi) is 7.20. The summed E-state index contributed by atoms with van der Waals surface area (Å²) in [6.45, 7) is 6.11. The summed E-state index contributed by atoms with van der Waals surface area (Å²) >= 11 is 0. The average Bonchev–Trinajstić information content (AvgIpc) is 2.52. The van der Waals surface area contributed by atoms with Crippen molar-refractivity contribution in [2.24, 2.45) is 0 Å². The Labute approximate surface area is 134 Å². The number of nitrogens with one attached hydrogen (secondary N) is 2. The van der Waals surface area contributed by atoms with Crippen LogP contribution in [-0.4, -0.2) is 23.1 Å². The van der Waals surface area contributed by atoms with Crippen molar-refractivity contribution >= 4 is 11.6 Å². The molecule has 0 radical (unpaired) electrons. The van der Waals surface area contributed by atoms with Crippen LogP contribution in [0.25, 0.3) is 0 Å². The van der Waals surface area contributed by atoms with Gasteiger partial charge >= 0.3 is 0 Å². The molecule has 0 fully saturated rings. The highest BCUT2D eigenvalue weighted by atomic mass is 15.1. The molecule has 122 valence electrons. The van der Waals surface area contributed by atoms with E-state index in [2.05, 4.69) is 33.6 Å². The molecular weight excluding hydrogens is 272 g/mol. The molecule has 1 heterocycles. The fourth-order valence-electron chi connectivity index (χ4n) is 2.82. The van der Waals surface area contributed by atoms with Gasteiger partial charge in [-0.05, 0) is 45.4 Å². The first-order valence-electron chi connectivity index (χ1n) is 8.79. The molecule has 1 aromatic heterocycles. The minimum absolute atomic E-state index is 0.819. The Morgan fingerprint density at radius 1 is 1.05 bits per heavy atom. The normalized spacial score (nSPS) is 14.5. The van der Waals surface area contributed by atoms with Gasteiger partial charge in [-0.25, -0.2) is 9.97 Å². The molecule has 1 aliphatic rings. The van der Waals surface area contributed by atoms with Crippen LogP contribution in [0.3, 0.4) is 0 Å². The Morgan fingerprint density at radius 3 is 2.50 bits per heavy atom. The number of aryl methyl sites for hydroxylation is 1. The van der Waals surface area contributed by atoms with Crippen LogP contribution in [0.5, 0.6) is 0 Å². The number of unbranched alkanes of at least 4 members (excludes halogenated alkanes) is 2. The third-order valence-corrected chi connectivity index (χ3v) is 4.06.